The Labute approximate surface area is 150 Å². The van der Waals surface area contributed by atoms with Crippen molar-refractivity contribution < 1.29 is 19.0 Å². The van der Waals surface area contributed by atoms with Crippen LogP contribution in [0.1, 0.15) is 5.56 Å². The number of benzene rings is 1. The molecule has 26 heavy (non-hydrogen) atoms. The Balaban J connectivity index is 1.49. The number of hydrogen-bond acceptors (Lipinski definition) is 5. The van der Waals surface area contributed by atoms with Crippen LogP contribution in [0.2, 0.25) is 0 Å². The molecular weight excluding hydrogens is 338 g/mol. The number of piperazine rings is 2. The van der Waals surface area contributed by atoms with Gasteiger partial charge in [0.2, 0.25) is 6.17 Å². The van der Waals surface area contributed by atoms with Crippen molar-refractivity contribution in [2.24, 2.45) is 0 Å². The van der Waals surface area contributed by atoms with Crippen molar-refractivity contribution in [1.82, 2.24) is 14.7 Å². The molecule has 2 amide bonds. The van der Waals surface area contributed by atoms with Crippen LogP contribution in [0.3, 0.4) is 0 Å². The molecule has 136 valence electrons. The quantitative estimate of drug-likeness (QED) is 0.317. The predicted molar refractivity (Wildman–Crippen MR) is 89.4 cm³/mol. The summed E-state index contributed by atoms with van der Waals surface area (Å²) in [7, 11) is 0. The summed E-state index contributed by atoms with van der Waals surface area (Å²) in [6, 6.07) is 6.69. The van der Waals surface area contributed by atoms with Crippen LogP contribution in [0.4, 0.5) is 5.69 Å². The van der Waals surface area contributed by atoms with Crippen molar-refractivity contribution in [3.8, 4) is 0 Å². The lowest BCUT2D eigenvalue weighted by molar-refractivity contribution is -0.964. The highest BCUT2D eigenvalue weighted by molar-refractivity contribution is 6.35. The van der Waals surface area contributed by atoms with Gasteiger partial charge in [-0.15, -0.1) is 0 Å². The van der Waals surface area contributed by atoms with Crippen LogP contribution in [0, 0.1) is 10.1 Å². The lowest BCUT2D eigenvalue weighted by Crippen LogP contribution is -2.75. The smallest absolute Gasteiger partial charge is 0.310 e. The standard InChI is InChI=1S/C17H20N5O4/c23-16-17(24)20-8-10-22(11-12-1-3-13(4-2-12)21(25)26)9-7-18-5-6-19(16)14(18)15(20)22/h1-4,14-15H,5-11H2/q+1/t14-,15-,22?/m1/s1. The summed E-state index contributed by atoms with van der Waals surface area (Å²) in [6.45, 7) is 5.41. The maximum atomic E-state index is 12.6. The average molecular weight is 358 g/mol. The molecule has 0 radical (unpaired) electrons. The predicted octanol–water partition coefficient (Wildman–Crippen LogP) is -0.423. The van der Waals surface area contributed by atoms with Crippen LogP contribution in [0.25, 0.3) is 0 Å². The number of amides is 2. The van der Waals surface area contributed by atoms with Crippen molar-refractivity contribution in [3.63, 3.8) is 0 Å². The van der Waals surface area contributed by atoms with Gasteiger partial charge in [0.15, 0.2) is 6.17 Å². The number of nitrogens with zero attached hydrogens (tertiary/aromatic N) is 5. The Morgan fingerprint density at radius 3 is 2.42 bits per heavy atom. The molecule has 0 saturated carbocycles. The summed E-state index contributed by atoms with van der Waals surface area (Å²) >= 11 is 0. The molecule has 1 unspecified atom stereocenters. The first-order valence-electron chi connectivity index (χ1n) is 8.95. The molecule has 1 aromatic carbocycles. The molecule has 4 aliphatic rings. The highest BCUT2D eigenvalue weighted by Gasteiger charge is 2.64. The summed E-state index contributed by atoms with van der Waals surface area (Å²) in [5, 5.41) is 10.9. The van der Waals surface area contributed by atoms with Gasteiger partial charge in [0.05, 0.1) is 31.1 Å². The number of nitro groups is 1. The maximum absolute atomic E-state index is 12.6. The molecule has 4 heterocycles. The van der Waals surface area contributed by atoms with Crippen molar-refractivity contribution in [2.45, 2.75) is 18.9 Å². The summed E-state index contributed by atoms with van der Waals surface area (Å²) in [6.07, 6.45) is -0.0684. The number of hydrogen-bond donors (Lipinski definition) is 0. The van der Waals surface area contributed by atoms with Crippen molar-refractivity contribution >= 4 is 17.5 Å². The van der Waals surface area contributed by atoms with Crippen LogP contribution >= 0.6 is 0 Å². The largest absolute Gasteiger partial charge is 0.316 e. The second-order valence-electron chi connectivity index (χ2n) is 7.61. The fourth-order valence-corrected chi connectivity index (χ4v) is 5.20. The Bertz CT molecular complexity index is 812. The molecule has 4 saturated heterocycles. The van der Waals surface area contributed by atoms with E-state index in [1.54, 1.807) is 9.80 Å². The lowest BCUT2D eigenvalue weighted by Gasteiger charge is -2.53. The van der Waals surface area contributed by atoms with Gasteiger partial charge in [0, 0.05) is 30.8 Å². The SMILES string of the molecule is O=C1C(=O)N2CC[N+]3(Cc4ccc([N+](=O)[O-])cc4)CCN4CCN1[C@@H]4[C@H]23. The normalized spacial score (nSPS) is 32.9. The van der Waals surface area contributed by atoms with E-state index in [-0.39, 0.29) is 29.8 Å². The highest BCUT2D eigenvalue weighted by Crippen LogP contribution is 2.41. The number of carbonyl (C=O) groups excluding carboxylic acids is 2. The van der Waals surface area contributed by atoms with Gasteiger partial charge in [-0.2, -0.15) is 0 Å². The first-order valence-corrected chi connectivity index (χ1v) is 8.95. The van der Waals surface area contributed by atoms with Crippen molar-refractivity contribution in [3.05, 3.63) is 39.9 Å². The van der Waals surface area contributed by atoms with Gasteiger partial charge in [-0.1, -0.05) is 0 Å². The van der Waals surface area contributed by atoms with Gasteiger partial charge in [-0.25, -0.2) is 0 Å². The third kappa shape index (κ3) is 1.98. The minimum atomic E-state index is -0.394. The number of non-ortho nitro benzene ring substituents is 1. The zero-order chi connectivity index (χ0) is 18.1. The average Bonchev–Trinajstić information content (AvgIpc) is 3.21. The second-order valence-corrected chi connectivity index (χ2v) is 7.61. The summed E-state index contributed by atoms with van der Waals surface area (Å²) in [5.41, 5.74) is 1.11. The van der Waals surface area contributed by atoms with Crippen molar-refractivity contribution in [1.29, 1.82) is 0 Å². The number of quaternary nitrogens is 1. The first-order chi connectivity index (χ1) is 12.5. The fraction of sp³-hybridized carbons (Fsp3) is 0.529. The van der Waals surface area contributed by atoms with Gasteiger partial charge in [-0.3, -0.25) is 34.0 Å². The van der Waals surface area contributed by atoms with E-state index in [0.717, 1.165) is 42.8 Å². The van der Waals surface area contributed by atoms with Gasteiger partial charge < -0.3 is 4.90 Å². The minimum absolute atomic E-state index is 0.0329. The molecule has 0 bridgehead atoms. The monoisotopic (exact) mass is 358 g/mol. The summed E-state index contributed by atoms with van der Waals surface area (Å²) < 4.78 is 0.745. The molecule has 3 atom stereocenters. The van der Waals surface area contributed by atoms with E-state index >= 15 is 0 Å². The van der Waals surface area contributed by atoms with E-state index in [1.165, 1.54) is 12.1 Å². The Kier molecular flexibility index (Phi) is 3.17. The van der Waals surface area contributed by atoms with Crippen LogP contribution < -0.4 is 0 Å². The third-order valence-corrected chi connectivity index (χ3v) is 6.44. The van der Waals surface area contributed by atoms with E-state index in [9.17, 15) is 19.7 Å². The Hall–Kier alpha value is -2.52. The highest BCUT2D eigenvalue weighted by atomic mass is 16.6. The van der Waals surface area contributed by atoms with E-state index in [0.29, 0.717) is 13.1 Å². The molecule has 1 aromatic rings. The number of carbonyl (C=O) groups is 2. The van der Waals surface area contributed by atoms with E-state index < -0.39 is 4.92 Å². The molecule has 9 nitrogen and oxygen atoms in total. The second kappa shape index (κ2) is 5.24. The van der Waals surface area contributed by atoms with E-state index in [4.69, 9.17) is 0 Å². The van der Waals surface area contributed by atoms with Gasteiger partial charge in [-0.05, 0) is 12.1 Å². The fourth-order valence-electron chi connectivity index (χ4n) is 5.20. The topological polar surface area (TPSA) is 87.0 Å². The van der Waals surface area contributed by atoms with E-state index in [1.807, 2.05) is 12.1 Å². The van der Waals surface area contributed by atoms with Crippen LogP contribution in [-0.4, -0.2) is 87.5 Å². The molecule has 4 aliphatic heterocycles. The first kappa shape index (κ1) is 15.7. The zero-order valence-electron chi connectivity index (χ0n) is 14.3. The summed E-state index contributed by atoms with van der Waals surface area (Å²) in [5.74, 6) is -0.746. The third-order valence-electron chi connectivity index (χ3n) is 6.44. The molecule has 4 fully saturated rings. The molecule has 0 aromatic heterocycles. The maximum Gasteiger partial charge on any atom is 0.316 e. The van der Waals surface area contributed by atoms with Gasteiger partial charge >= 0.3 is 11.8 Å². The van der Waals surface area contributed by atoms with Crippen molar-refractivity contribution in [2.75, 3.05) is 39.3 Å². The van der Waals surface area contributed by atoms with Crippen LogP contribution in [0.5, 0.6) is 0 Å². The molecule has 0 aliphatic carbocycles. The molecule has 5 rings (SSSR count). The molecule has 9 heteroatoms. The summed E-state index contributed by atoms with van der Waals surface area (Å²) in [4.78, 5) is 41.3. The zero-order valence-corrected chi connectivity index (χ0v) is 14.3. The van der Waals surface area contributed by atoms with E-state index in [2.05, 4.69) is 4.90 Å². The number of rotatable bonds is 3. The van der Waals surface area contributed by atoms with Crippen LogP contribution in [0.15, 0.2) is 24.3 Å². The Morgan fingerprint density at radius 2 is 1.69 bits per heavy atom. The minimum Gasteiger partial charge on any atom is -0.310 e. The molecule has 0 spiro atoms. The van der Waals surface area contributed by atoms with Gasteiger partial charge in [0.25, 0.3) is 5.69 Å². The lowest BCUT2D eigenvalue weighted by atomic mass is 10.1. The van der Waals surface area contributed by atoms with Gasteiger partial charge in [0.1, 0.15) is 6.54 Å². The number of nitro benzene ring substituents is 1. The molecule has 0 N–H and O–H groups in total. The molecular formula is C17H20N5O4+. The van der Waals surface area contributed by atoms with Crippen LogP contribution in [-0.2, 0) is 16.1 Å². The Morgan fingerprint density at radius 1 is 1.00 bits per heavy atom.